The number of amides is 2. The fraction of sp³-hybridized carbons (Fsp3) is 0.846. The molecular weight excluding hydrogens is 248 g/mol. The molecule has 3 atom stereocenters. The molecule has 2 amide bonds. The highest BCUT2D eigenvalue weighted by Crippen LogP contribution is 2.24. The zero-order valence-corrected chi connectivity index (χ0v) is 12.1. The van der Waals surface area contributed by atoms with Crippen molar-refractivity contribution in [2.75, 3.05) is 27.3 Å². The number of hydrogen-bond donors (Lipinski definition) is 1. The topological polar surface area (TPSA) is 70.1 Å². The van der Waals surface area contributed by atoms with E-state index in [2.05, 4.69) is 0 Å². The summed E-state index contributed by atoms with van der Waals surface area (Å²) in [5, 5.41) is 9.02. The SMILES string of the molecule is COCC(C)N(C)C(=O)N1CCC(C(=O)O)CC1C. The van der Waals surface area contributed by atoms with E-state index in [0.717, 1.165) is 0 Å². The number of rotatable bonds is 4. The van der Waals surface area contributed by atoms with Gasteiger partial charge in [0.2, 0.25) is 0 Å². The molecule has 6 heteroatoms. The largest absolute Gasteiger partial charge is 0.481 e. The second-order valence-corrected chi connectivity index (χ2v) is 5.30. The summed E-state index contributed by atoms with van der Waals surface area (Å²) in [5.41, 5.74) is 0. The molecule has 1 rings (SSSR count). The Morgan fingerprint density at radius 3 is 2.63 bits per heavy atom. The lowest BCUT2D eigenvalue weighted by molar-refractivity contribution is -0.143. The van der Waals surface area contributed by atoms with Crippen LogP contribution < -0.4 is 0 Å². The number of urea groups is 1. The van der Waals surface area contributed by atoms with E-state index in [-0.39, 0.29) is 24.0 Å². The molecule has 0 saturated carbocycles. The molecule has 110 valence electrons. The van der Waals surface area contributed by atoms with Crippen molar-refractivity contribution < 1.29 is 19.4 Å². The minimum atomic E-state index is -0.764. The normalized spacial score (nSPS) is 24.9. The number of hydrogen-bond acceptors (Lipinski definition) is 3. The molecule has 0 aromatic heterocycles. The Balaban J connectivity index is 2.61. The zero-order chi connectivity index (χ0) is 14.6. The van der Waals surface area contributed by atoms with Gasteiger partial charge in [0, 0.05) is 26.7 Å². The van der Waals surface area contributed by atoms with Crippen LogP contribution in [0.5, 0.6) is 0 Å². The molecule has 1 N–H and O–H groups in total. The number of likely N-dealkylation sites (N-methyl/N-ethyl adjacent to an activating group) is 1. The average molecular weight is 272 g/mol. The molecule has 1 fully saturated rings. The van der Waals surface area contributed by atoms with Gasteiger partial charge in [0.25, 0.3) is 0 Å². The predicted octanol–water partition coefficient (Wildman–Crippen LogP) is 1.26. The summed E-state index contributed by atoms with van der Waals surface area (Å²) in [7, 11) is 3.36. The third-order valence-electron chi connectivity index (χ3n) is 3.84. The number of carbonyl (C=O) groups excluding carboxylic acids is 1. The van der Waals surface area contributed by atoms with Crippen LogP contribution in [-0.2, 0) is 9.53 Å². The van der Waals surface area contributed by atoms with E-state index in [1.54, 1.807) is 24.0 Å². The van der Waals surface area contributed by atoms with E-state index >= 15 is 0 Å². The van der Waals surface area contributed by atoms with Crippen LogP contribution in [-0.4, -0.2) is 66.3 Å². The first kappa shape index (κ1) is 15.8. The Labute approximate surface area is 114 Å². The summed E-state index contributed by atoms with van der Waals surface area (Å²) in [6.45, 7) is 4.82. The molecule has 0 aromatic rings. The third kappa shape index (κ3) is 3.83. The standard InChI is InChI=1S/C13H24N2O4/c1-9-7-11(12(16)17)5-6-15(9)13(18)14(3)10(2)8-19-4/h9-11H,5-8H2,1-4H3,(H,16,17). The highest BCUT2D eigenvalue weighted by Gasteiger charge is 2.34. The molecule has 19 heavy (non-hydrogen) atoms. The predicted molar refractivity (Wildman–Crippen MR) is 71.0 cm³/mol. The Bertz CT molecular complexity index is 335. The van der Waals surface area contributed by atoms with Gasteiger partial charge in [-0.1, -0.05) is 0 Å². The lowest BCUT2D eigenvalue weighted by Gasteiger charge is -2.39. The van der Waals surface area contributed by atoms with Crippen molar-refractivity contribution in [2.45, 2.75) is 38.8 Å². The quantitative estimate of drug-likeness (QED) is 0.836. The molecular formula is C13H24N2O4. The number of aliphatic carboxylic acids is 1. The van der Waals surface area contributed by atoms with Gasteiger partial charge in [0.05, 0.1) is 18.6 Å². The van der Waals surface area contributed by atoms with E-state index in [9.17, 15) is 9.59 Å². The number of nitrogens with zero attached hydrogens (tertiary/aromatic N) is 2. The van der Waals surface area contributed by atoms with E-state index in [0.29, 0.717) is 26.0 Å². The maximum absolute atomic E-state index is 12.4. The number of carboxylic acid groups (broad SMARTS) is 1. The molecule has 0 radical (unpaired) electrons. The van der Waals surface area contributed by atoms with Crippen LogP contribution in [0.4, 0.5) is 4.79 Å². The summed E-state index contributed by atoms with van der Waals surface area (Å²) in [6, 6.07) is -0.0951. The minimum absolute atomic E-state index is 0.00176. The Morgan fingerprint density at radius 2 is 2.16 bits per heavy atom. The average Bonchev–Trinajstić information content (AvgIpc) is 2.37. The lowest BCUT2D eigenvalue weighted by atomic mass is 9.92. The molecule has 0 bridgehead atoms. The zero-order valence-electron chi connectivity index (χ0n) is 12.1. The molecule has 0 aliphatic carbocycles. The van der Waals surface area contributed by atoms with Gasteiger partial charge >= 0.3 is 12.0 Å². The van der Waals surface area contributed by atoms with Crippen molar-refractivity contribution in [1.29, 1.82) is 0 Å². The van der Waals surface area contributed by atoms with Crippen molar-refractivity contribution in [1.82, 2.24) is 9.80 Å². The summed E-state index contributed by atoms with van der Waals surface area (Å²) in [6.07, 6.45) is 1.05. The van der Waals surface area contributed by atoms with Gasteiger partial charge in [-0.25, -0.2) is 4.79 Å². The monoisotopic (exact) mass is 272 g/mol. The molecule has 1 aliphatic rings. The van der Waals surface area contributed by atoms with Crippen LogP contribution in [0.2, 0.25) is 0 Å². The number of piperidine rings is 1. The van der Waals surface area contributed by atoms with Crippen LogP contribution in [0.15, 0.2) is 0 Å². The van der Waals surface area contributed by atoms with Crippen LogP contribution in [0.25, 0.3) is 0 Å². The molecule has 0 spiro atoms. The number of carbonyl (C=O) groups is 2. The molecule has 1 saturated heterocycles. The molecule has 0 aromatic carbocycles. The van der Waals surface area contributed by atoms with E-state index < -0.39 is 5.97 Å². The van der Waals surface area contributed by atoms with Gasteiger partial charge in [-0.3, -0.25) is 4.79 Å². The summed E-state index contributed by atoms with van der Waals surface area (Å²) in [4.78, 5) is 26.7. The van der Waals surface area contributed by atoms with Gasteiger partial charge in [-0.05, 0) is 26.7 Å². The smallest absolute Gasteiger partial charge is 0.320 e. The van der Waals surface area contributed by atoms with Gasteiger partial charge < -0.3 is 19.6 Å². The summed E-state index contributed by atoms with van der Waals surface area (Å²) < 4.78 is 5.05. The Morgan fingerprint density at radius 1 is 1.53 bits per heavy atom. The van der Waals surface area contributed by atoms with Gasteiger partial charge in [0.15, 0.2) is 0 Å². The first-order valence-electron chi connectivity index (χ1n) is 6.63. The molecule has 6 nitrogen and oxygen atoms in total. The van der Waals surface area contributed by atoms with Crippen molar-refractivity contribution in [3.05, 3.63) is 0 Å². The van der Waals surface area contributed by atoms with Gasteiger partial charge in [0.1, 0.15) is 0 Å². The minimum Gasteiger partial charge on any atom is -0.481 e. The Hall–Kier alpha value is -1.30. The van der Waals surface area contributed by atoms with Gasteiger partial charge in [-0.2, -0.15) is 0 Å². The summed E-state index contributed by atoms with van der Waals surface area (Å²) in [5.74, 6) is -1.10. The summed E-state index contributed by atoms with van der Waals surface area (Å²) >= 11 is 0. The number of ether oxygens (including phenoxy) is 1. The maximum Gasteiger partial charge on any atom is 0.320 e. The number of likely N-dealkylation sites (tertiary alicyclic amines) is 1. The van der Waals surface area contributed by atoms with E-state index in [4.69, 9.17) is 9.84 Å². The highest BCUT2D eigenvalue weighted by molar-refractivity contribution is 5.76. The van der Waals surface area contributed by atoms with Crippen LogP contribution in [0, 0.1) is 5.92 Å². The molecule has 1 aliphatic heterocycles. The third-order valence-corrected chi connectivity index (χ3v) is 3.84. The number of methoxy groups -OCH3 is 1. The lowest BCUT2D eigenvalue weighted by Crippen LogP contribution is -2.53. The second kappa shape index (κ2) is 6.75. The second-order valence-electron chi connectivity index (χ2n) is 5.30. The number of carboxylic acids is 1. The fourth-order valence-corrected chi connectivity index (χ4v) is 2.42. The van der Waals surface area contributed by atoms with E-state index in [1.807, 2.05) is 13.8 Å². The highest BCUT2D eigenvalue weighted by atomic mass is 16.5. The first-order valence-corrected chi connectivity index (χ1v) is 6.63. The van der Waals surface area contributed by atoms with E-state index in [1.165, 1.54) is 0 Å². The molecule has 3 unspecified atom stereocenters. The van der Waals surface area contributed by atoms with Crippen LogP contribution in [0.1, 0.15) is 26.7 Å². The van der Waals surface area contributed by atoms with Gasteiger partial charge in [-0.15, -0.1) is 0 Å². The van der Waals surface area contributed by atoms with Crippen molar-refractivity contribution in [3.8, 4) is 0 Å². The van der Waals surface area contributed by atoms with Crippen LogP contribution >= 0.6 is 0 Å². The fourth-order valence-electron chi connectivity index (χ4n) is 2.42. The maximum atomic E-state index is 12.4. The molecule has 1 heterocycles. The van der Waals surface area contributed by atoms with Crippen molar-refractivity contribution in [2.24, 2.45) is 5.92 Å². The van der Waals surface area contributed by atoms with Crippen molar-refractivity contribution >= 4 is 12.0 Å². The Kier molecular flexibility index (Phi) is 5.60. The van der Waals surface area contributed by atoms with Crippen LogP contribution in [0.3, 0.4) is 0 Å². The first-order chi connectivity index (χ1) is 8.88. The van der Waals surface area contributed by atoms with Crippen molar-refractivity contribution in [3.63, 3.8) is 0 Å².